The molecule has 0 radical (unpaired) electrons. The number of hydrogen-bond acceptors (Lipinski definition) is 6. The SMILES string of the molecule is CN(CCC#N)C(=O)CSc1nnc(CCC(N)=O)n1C. The van der Waals surface area contributed by atoms with Crippen LogP contribution in [0, 0.1) is 11.3 Å². The summed E-state index contributed by atoms with van der Waals surface area (Å²) in [6, 6.07) is 2.00. The van der Waals surface area contributed by atoms with E-state index in [1.807, 2.05) is 6.07 Å². The molecule has 8 nitrogen and oxygen atoms in total. The fraction of sp³-hybridized carbons (Fsp3) is 0.583. The number of aryl methyl sites for hydroxylation is 1. The Hall–Kier alpha value is -2.08. The molecule has 0 saturated heterocycles. The average Bonchev–Trinajstić information content (AvgIpc) is 2.80. The molecule has 0 unspecified atom stereocenters. The van der Waals surface area contributed by atoms with Crippen LogP contribution in [-0.4, -0.2) is 50.8 Å². The minimum Gasteiger partial charge on any atom is -0.370 e. The Morgan fingerprint density at radius 3 is 2.81 bits per heavy atom. The summed E-state index contributed by atoms with van der Waals surface area (Å²) >= 11 is 1.27. The van der Waals surface area contributed by atoms with Crippen molar-refractivity contribution in [3.63, 3.8) is 0 Å². The van der Waals surface area contributed by atoms with Gasteiger partial charge in [-0.25, -0.2) is 0 Å². The number of nitrogens with zero attached hydrogens (tertiary/aromatic N) is 5. The molecular weight excluding hydrogens is 292 g/mol. The van der Waals surface area contributed by atoms with Crippen molar-refractivity contribution in [1.29, 1.82) is 5.26 Å². The first kappa shape index (κ1) is 17.0. The van der Waals surface area contributed by atoms with Gasteiger partial charge in [0.2, 0.25) is 11.8 Å². The van der Waals surface area contributed by atoms with Gasteiger partial charge >= 0.3 is 0 Å². The van der Waals surface area contributed by atoms with Crippen LogP contribution in [0.5, 0.6) is 0 Å². The third kappa shape index (κ3) is 5.43. The lowest BCUT2D eigenvalue weighted by Crippen LogP contribution is -2.29. The Morgan fingerprint density at radius 2 is 2.19 bits per heavy atom. The highest BCUT2D eigenvalue weighted by Gasteiger charge is 2.14. The van der Waals surface area contributed by atoms with Gasteiger partial charge in [0.1, 0.15) is 5.82 Å². The quantitative estimate of drug-likeness (QED) is 0.658. The Balaban J connectivity index is 2.50. The lowest BCUT2D eigenvalue weighted by molar-refractivity contribution is -0.127. The van der Waals surface area contributed by atoms with Crippen LogP contribution in [0.4, 0.5) is 0 Å². The summed E-state index contributed by atoms with van der Waals surface area (Å²) in [5.74, 6) is 0.420. The van der Waals surface area contributed by atoms with Crippen LogP contribution in [-0.2, 0) is 23.1 Å². The van der Waals surface area contributed by atoms with Crippen molar-refractivity contribution < 1.29 is 9.59 Å². The molecule has 1 aromatic rings. The molecule has 21 heavy (non-hydrogen) atoms. The summed E-state index contributed by atoms with van der Waals surface area (Å²) in [6.07, 6.45) is 0.954. The number of primary amides is 1. The van der Waals surface area contributed by atoms with E-state index in [2.05, 4.69) is 10.2 Å². The predicted molar refractivity (Wildman–Crippen MR) is 77.1 cm³/mol. The molecule has 0 aliphatic rings. The van der Waals surface area contributed by atoms with E-state index >= 15 is 0 Å². The van der Waals surface area contributed by atoms with Crippen molar-refractivity contribution in [2.24, 2.45) is 12.8 Å². The van der Waals surface area contributed by atoms with Crippen molar-refractivity contribution in [2.45, 2.75) is 24.4 Å². The standard InChI is InChI=1S/C12H18N6O2S/c1-17(7-3-6-13)11(20)8-21-12-16-15-10(18(12)2)5-4-9(14)19/h3-5,7-8H2,1-2H3,(H2,14,19). The van der Waals surface area contributed by atoms with E-state index in [9.17, 15) is 9.59 Å². The fourth-order valence-corrected chi connectivity index (χ4v) is 2.37. The summed E-state index contributed by atoms with van der Waals surface area (Å²) in [6.45, 7) is 0.415. The molecule has 2 amide bonds. The zero-order valence-electron chi connectivity index (χ0n) is 12.1. The van der Waals surface area contributed by atoms with Gasteiger partial charge in [0.05, 0.1) is 18.2 Å². The molecule has 0 aliphatic heterocycles. The van der Waals surface area contributed by atoms with Gasteiger partial charge in [0.25, 0.3) is 0 Å². The van der Waals surface area contributed by atoms with Crippen LogP contribution in [0.2, 0.25) is 0 Å². The monoisotopic (exact) mass is 310 g/mol. The van der Waals surface area contributed by atoms with Crippen LogP contribution >= 0.6 is 11.8 Å². The first-order valence-electron chi connectivity index (χ1n) is 6.36. The number of carbonyl (C=O) groups is 2. The third-order valence-electron chi connectivity index (χ3n) is 2.83. The molecule has 0 atom stereocenters. The Bertz CT molecular complexity index is 550. The van der Waals surface area contributed by atoms with Crippen LogP contribution in [0.25, 0.3) is 0 Å². The first-order valence-corrected chi connectivity index (χ1v) is 7.34. The number of rotatable bonds is 8. The summed E-state index contributed by atoms with van der Waals surface area (Å²) in [5, 5.41) is 17.1. The molecule has 1 heterocycles. The van der Waals surface area contributed by atoms with E-state index in [4.69, 9.17) is 11.0 Å². The maximum atomic E-state index is 11.8. The van der Waals surface area contributed by atoms with E-state index in [1.54, 1.807) is 18.7 Å². The molecular formula is C12H18N6O2S. The molecule has 0 spiro atoms. The fourth-order valence-electron chi connectivity index (χ4n) is 1.50. The second-order valence-electron chi connectivity index (χ2n) is 4.44. The van der Waals surface area contributed by atoms with Gasteiger partial charge in [0.15, 0.2) is 5.16 Å². The zero-order valence-corrected chi connectivity index (χ0v) is 12.9. The number of nitriles is 1. The van der Waals surface area contributed by atoms with E-state index < -0.39 is 0 Å². The van der Waals surface area contributed by atoms with Crippen molar-refractivity contribution in [3.05, 3.63) is 5.82 Å². The normalized spacial score (nSPS) is 10.1. The van der Waals surface area contributed by atoms with E-state index in [0.29, 0.717) is 30.4 Å². The average molecular weight is 310 g/mol. The highest BCUT2D eigenvalue weighted by molar-refractivity contribution is 7.99. The molecule has 9 heteroatoms. The second-order valence-corrected chi connectivity index (χ2v) is 5.38. The highest BCUT2D eigenvalue weighted by Crippen LogP contribution is 2.16. The molecule has 0 bridgehead atoms. The van der Waals surface area contributed by atoms with E-state index in [1.165, 1.54) is 16.7 Å². The van der Waals surface area contributed by atoms with E-state index in [-0.39, 0.29) is 24.0 Å². The number of thioether (sulfide) groups is 1. The van der Waals surface area contributed by atoms with Gasteiger partial charge < -0.3 is 15.2 Å². The topological polar surface area (TPSA) is 118 Å². The lowest BCUT2D eigenvalue weighted by atomic mass is 10.3. The molecule has 1 aromatic heterocycles. The maximum absolute atomic E-state index is 11.8. The number of carbonyl (C=O) groups excluding carboxylic acids is 2. The number of aromatic nitrogens is 3. The molecule has 0 fully saturated rings. The highest BCUT2D eigenvalue weighted by atomic mass is 32.2. The predicted octanol–water partition coefficient (Wildman–Crippen LogP) is -0.303. The second kappa shape index (κ2) is 8.26. The summed E-state index contributed by atoms with van der Waals surface area (Å²) in [5.41, 5.74) is 5.09. The molecule has 1 rings (SSSR count). The van der Waals surface area contributed by atoms with Crippen molar-refractivity contribution in [1.82, 2.24) is 19.7 Å². The Morgan fingerprint density at radius 1 is 1.48 bits per heavy atom. The Labute approximate surface area is 127 Å². The number of hydrogen-bond donors (Lipinski definition) is 1. The third-order valence-corrected chi connectivity index (χ3v) is 3.83. The Kier molecular flexibility index (Phi) is 6.68. The minimum absolute atomic E-state index is 0.0723. The van der Waals surface area contributed by atoms with Crippen molar-refractivity contribution >= 4 is 23.6 Å². The molecule has 0 aromatic carbocycles. The smallest absolute Gasteiger partial charge is 0.232 e. The van der Waals surface area contributed by atoms with Crippen molar-refractivity contribution in [3.8, 4) is 6.07 Å². The van der Waals surface area contributed by atoms with Crippen LogP contribution in [0.3, 0.4) is 0 Å². The van der Waals surface area contributed by atoms with Gasteiger partial charge in [-0.3, -0.25) is 9.59 Å². The van der Waals surface area contributed by atoms with Gasteiger partial charge in [-0.05, 0) is 0 Å². The van der Waals surface area contributed by atoms with Gasteiger partial charge in [-0.2, -0.15) is 5.26 Å². The lowest BCUT2D eigenvalue weighted by Gasteiger charge is -2.14. The van der Waals surface area contributed by atoms with Gasteiger partial charge in [-0.15, -0.1) is 10.2 Å². The van der Waals surface area contributed by atoms with Crippen LogP contribution in [0.1, 0.15) is 18.7 Å². The minimum atomic E-state index is -0.388. The summed E-state index contributed by atoms with van der Waals surface area (Å²) in [7, 11) is 3.44. The number of amides is 2. The van der Waals surface area contributed by atoms with Gasteiger partial charge in [-0.1, -0.05) is 11.8 Å². The molecule has 0 saturated carbocycles. The summed E-state index contributed by atoms with van der Waals surface area (Å²) < 4.78 is 1.75. The number of nitrogens with two attached hydrogens (primary N) is 1. The summed E-state index contributed by atoms with van der Waals surface area (Å²) in [4.78, 5) is 24.1. The van der Waals surface area contributed by atoms with Crippen LogP contribution in [0.15, 0.2) is 5.16 Å². The maximum Gasteiger partial charge on any atom is 0.232 e. The largest absolute Gasteiger partial charge is 0.370 e. The first-order chi connectivity index (χ1) is 9.95. The molecule has 2 N–H and O–H groups in total. The molecule has 114 valence electrons. The van der Waals surface area contributed by atoms with Gasteiger partial charge in [0, 0.05) is 33.5 Å². The van der Waals surface area contributed by atoms with Crippen molar-refractivity contribution in [2.75, 3.05) is 19.3 Å². The van der Waals surface area contributed by atoms with E-state index in [0.717, 1.165) is 0 Å². The molecule has 0 aliphatic carbocycles. The van der Waals surface area contributed by atoms with Crippen LogP contribution < -0.4 is 5.73 Å². The zero-order chi connectivity index (χ0) is 15.8.